The van der Waals surface area contributed by atoms with E-state index in [4.69, 9.17) is 9.26 Å². The fraction of sp³-hybridized carbons (Fsp3) is 0.333. The molecule has 2 aliphatic carbocycles. The molecular formula is C33H34N2O3. The van der Waals surface area contributed by atoms with Gasteiger partial charge in [-0.2, -0.15) is 0 Å². The van der Waals surface area contributed by atoms with Crippen LogP contribution >= 0.6 is 0 Å². The second-order valence-corrected chi connectivity index (χ2v) is 10.8. The molecule has 1 aromatic heterocycles. The minimum Gasteiger partial charge on any atom is -0.465 e. The zero-order valence-corrected chi connectivity index (χ0v) is 22.2. The molecule has 2 saturated carbocycles. The van der Waals surface area contributed by atoms with Crippen LogP contribution in [0.1, 0.15) is 55.8 Å². The fourth-order valence-electron chi connectivity index (χ4n) is 5.72. The van der Waals surface area contributed by atoms with E-state index in [-0.39, 0.29) is 5.97 Å². The Morgan fingerprint density at radius 3 is 2.26 bits per heavy atom. The van der Waals surface area contributed by atoms with Gasteiger partial charge in [0.15, 0.2) is 5.76 Å². The van der Waals surface area contributed by atoms with Crippen molar-refractivity contribution in [2.45, 2.75) is 57.4 Å². The first-order valence-electron chi connectivity index (χ1n) is 13.7. The number of hydrogen-bond acceptors (Lipinski definition) is 5. The van der Waals surface area contributed by atoms with Crippen molar-refractivity contribution in [1.82, 2.24) is 5.16 Å². The number of ether oxygens (including phenoxy) is 1. The number of anilines is 1. The lowest BCUT2D eigenvalue weighted by Crippen LogP contribution is -2.23. The minimum absolute atomic E-state index is 0.101. The number of carbonyl (C=O) groups is 1. The fourth-order valence-corrected chi connectivity index (χ4v) is 5.72. The average Bonchev–Trinajstić information content (AvgIpc) is 3.88. The van der Waals surface area contributed by atoms with E-state index in [1.807, 2.05) is 13.8 Å². The Bertz CT molecular complexity index is 1420. The summed E-state index contributed by atoms with van der Waals surface area (Å²) in [6.45, 7) is 6.52. The first-order valence-corrected chi connectivity index (χ1v) is 13.7. The molecule has 5 heteroatoms. The molecule has 0 radical (unpaired) electrons. The zero-order chi connectivity index (χ0) is 26.3. The lowest BCUT2D eigenvalue weighted by Gasteiger charge is -2.16. The molecule has 0 bridgehead atoms. The van der Waals surface area contributed by atoms with Crippen molar-refractivity contribution in [3.05, 3.63) is 95.7 Å². The van der Waals surface area contributed by atoms with E-state index in [1.54, 1.807) is 0 Å². The molecule has 0 amide bonds. The summed E-state index contributed by atoms with van der Waals surface area (Å²) in [7, 11) is 0. The van der Waals surface area contributed by atoms with Crippen LogP contribution in [0.4, 0.5) is 5.69 Å². The van der Waals surface area contributed by atoms with Crippen molar-refractivity contribution in [3.8, 4) is 22.5 Å². The number of hydrogen-bond donors (Lipinski definition) is 1. The van der Waals surface area contributed by atoms with Gasteiger partial charge in [0.1, 0.15) is 11.4 Å². The lowest BCUT2D eigenvalue weighted by molar-refractivity contribution is -0.146. The van der Waals surface area contributed by atoms with Gasteiger partial charge in [0.25, 0.3) is 0 Å². The Morgan fingerprint density at radius 2 is 1.63 bits per heavy atom. The van der Waals surface area contributed by atoms with Gasteiger partial charge in [-0.05, 0) is 74.1 Å². The summed E-state index contributed by atoms with van der Waals surface area (Å²) in [4.78, 5) is 12.4. The molecule has 1 N–H and O–H groups in total. The highest BCUT2D eigenvalue weighted by Gasteiger charge is 2.52. The molecule has 0 saturated heterocycles. The molecule has 0 aliphatic heterocycles. The third-order valence-corrected chi connectivity index (χ3v) is 8.28. The van der Waals surface area contributed by atoms with Gasteiger partial charge in [-0.3, -0.25) is 4.79 Å². The van der Waals surface area contributed by atoms with Crippen molar-refractivity contribution in [2.24, 2.45) is 5.92 Å². The van der Waals surface area contributed by atoms with E-state index in [0.29, 0.717) is 24.5 Å². The highest BCUT2D eigenvalue weighted by Crippen LogP contribution is 2.51. The molecule has 38 heavy (non-hydrogen) atoms. The molecule has 3 unspecified atom stereocenters. The number of aromatic nitrogens is 1. The van der Waals surface area contributed by atoms with Gasteiger partial charge in [0, 0.05) is 11.6 Å². The van der Waals surface area contributed by atoms with Crippen LogP contribution in [-0.4, -0.2) is 23.8 Å². The first kappa shape index (κ1) is 24.5. The number of carbonyl (C=O) groups excluding carboxylic acids is 1. The molecule has 4 aromatic rings. The molecule has 6 rings (SSSR count). The number of benzene rings is 3. The number of nitrogens with zero attached hydrogens (tertiary/aromatic N) is 1. The number of nitrogens with one attached hydrogen (secondary N) is 1. The molecule has 5 nitrogen and oxygen atoms in total. The summed E-state index contributed by atoms with van der Waals surface area (Å²) < 4.78 is 11.1. The topological polar surface area (TPSA) is 64.4 Å². The Balaban J connectivity index is 1.16. The van der Waals surface area contributed by atoms with Crippen LogP contribution < -0.4 is 5.32 Å². The average molecular weight is 507 g/mol. The van der Waals surface area contributed by atoms with Crippen LogP contribution in [0.3, 0.4) is 0 Å². The standard InChI is InChI=1S/C33H34N2O3/c1-4-37-32(36)33(18-19-33)27-16-14-24(15-17-27)23-10-12-26(13-11-23)31-30(22(3)35-38-31)34-21(2)28-20-29(28)25-8-6-5-7-9-25/h5-17,21,28-29,34H,4,18-20H2,1-3H3. The predicted octanol–water partition coefficient (Wildman–Crippen LogP) is 7.52. The van der Waals surface area contributed by atoms with E-state index in [1.165, 1.54) is 12.0 Å². The molecule has 2 fully saturated rings. The number of esters is 1. The van der Waals surface area contributed by atoms with Gasteiger partial charge in [0.2, 0.25) is 0 Å². The summed E-state index contributed by atoms with van der Waals surface area (Å²) >= 11 is 0. The number of aryl methyl sites for hydroxylation is 1. The lowest BCUT2D eigenvalue weighted by atomic mass is 9.93. The van der Waals surface area contributed by atoms with E-state index in [0.717, 1.165) is 52.2 Å². The maximum atomic E-state index is 12.4. The SMILES string of the molecule is CCOC(=O)C1(c2ccc(-c3ccc(-c4onc(C)c4NC(C)C4CC4c4ccccc4)cc3)cc2)CC1. The maximum absolute atomic E-state index is 12.4. The Labute approximate surface area is 224 Å². The molecule has 3 aromatic carbocycles. The number of rotatable bonds is 9. The normalized spacial score (nSPS) is 20.0. The van der Waals surface area contributed by atoms with E-state index < -0.39 is 5.41 Å². The van der Waals surface area contributed by atoms with E-state index in [9.17, 15) is 4.79 Å². The van der Waals surface area contributed by atoms with Crippen molar-refractivity contribution in [1.29, 1.82) is 0 Å². The summed E-state index contributed by atoms with van der Waals surface area (Å²) in [5.74, 6) is 1.89. The monoisotopic (exact) mass is 506 g/mol. The highest BCUT2D eigenvalue weighted by atomic mass is 16.5. The molecule has 0 spiro atoms. The maximum Gasteiger partial charge on any atom is 0.316 e. The molecule has 3 atom stereocenters. The Kier molecular flexibility index (Phi) is 6.30. The Hall–Kier alpha value is -3.86. The van der Waals surface area contributed by atoms with Gasteiger partial charge in [-0.15, -0.1) is 0 Å². The van der Waals surface area contributed by atoms with Crippen LogP contribution in [0.15, 0.2) is 83.4 Å². The van der Waals surface area contributed by atoms with Crippen LogP contribution in [0.25, 0.3) is 22.5 Å². The van der Waals surface area contributed by atoms with Crippen molar-refractivity contribution < 1.29 is 14.1 Å². The smallest absolute Gasteiger partial charge is 0.316 e. The molecule has 194 valence electrons. The van der Waals surface area contributed by atoms with Gasteiger partial charge >= 0.3 is 5.97 Å². The summed E-state index contributed by atoms with van der Waals surface area (Å²) in [5.41, 5.74) is 7.10. The van der Waals surface area contributed by atoms with Crippen LogP contribution in [0.5, 0.6) is 0 Å². The predicted molar refractivity (Wildman–Crippen MR) is 150 cm³/mol. The van der Waals surface area contributed by atoms with Crippen LogP contribution in [0, 0.1) is 12.8 Å². The third-order valence-electron chi connectivity index (χ3n) is 8.28. The minimum atomic E-state index is -0.440. The zero-order valence-electron chi connectivity index (χ0n) is 22.2. The van der Waals surface area contributed by atoms with Gasteiger partial charge in [-0.1, -0.05) is 84.0 Å². The van der Waals surface area contributed by atoms with Crippen molar-refractivity contribution in [3.63, 3.8) is 0 Å². The second-order valence-electron chi connectivity index (χ2n) is 10.8. The molecule has 2 aliphatic rings. The first-order chi connectivity index (χ1) is 18.5. The van der Waals surface area contributed by atoms with E-state index in [2.05, 4.69) is 96.3 Å². The van der Waals surface area contributed by atoms with Gasteiger partial charge in [0.05, 0.1) is 12.0 Å². The summed E-state index contributed by atoms with van der Waals surface area (Å²) in [6, 6.07) is 27.8. The summed E-state index contributed by atoms with van der Waals surface area (Å²) in [6.07, 6.45) is 2.92. The van der Waals surface area contributed by atoms with E-state index >= 15 is 0 Å². The highest BCUT2D eigenvalue weighted by molar-refractivity contribution is 5.87. The van der Waals surface area contributed by atoms with Crippen molar-refractivity contribution >= 4 is 11.7 Å². The van der Waals surface area contributed by atoms with Gasteiger partial charge in [-0.25, -0.2) is 0 Å². The largest absolute Gasteiger partial charge is 0.465 e. The summed E-state index contributed by atoms with van der Waals surface area (Å²) in [5, 5.41) is 7.99. The molecule has 1 heterocycles. The van der Waals surface area contributed by atoms with Gasteiger partial charge < -0.3 is 14.6 Å². The van der Waals surface area contributed by atoms with Crippen LogP contribution in [-0.2, 0) is 14.9 Å². The second kappa shape index (κ2) is 9.79. The van der Waals surface area contributed by atoms with Crippen LogP contribution in [0.2, 0.25) is 0 Å². The molecular weight excluding hydrogens is 472 g/mol. The Morgan fingerprint density at radius 1 is 1.00 bits per heavy atom. The quantitative estimate of drug-likeness (QED) is 0.238. The van der Waals surface area contributed by atoms with Crippen molar-refractivity contribution in [2.75, 3.05) is 11.9 Å². The third kappa shape index (κ3) is 4.51.